The van der Waals surface area contributed by atoms with Gasteiger partial charge in [0, 0.05) is 20.0 Å². The van der Waals surface area contributed by atoms with Crippen molar-refractivity contribution < 1.29 is 4.79 Å². The highest BCUT2D eigenvalue weighted by Gasteiger charge is 2.09. The van der Waals surface area contributed by atoms with Crippen molar-refractivity contribution in [2.24, 2.45) is 5.73 Å². The highest BCUT2D eigenvalue weighted by Crippen LogP contribution is 2.10. The number of nitrogens with two attached hydrogens (primary N) is 1. The lowest BCUT2D eigenvalue weighted by Crippen LogP contribution is -2.26. The summed E-state index contributed by atoms with van der Waals surface area (Å²) in [5.74, 6) is 0.196. The van der Waals surface area contributed by atoms with Crippen molar-refractivity contribution in [3.8, 4) is 0 Å². The minimum absolute atomic E-state index is 0.196. The molecular weight excluding hydrogens is 212 g/mol. The molecule has 94 valence electrons. The Morgan fingerprint density at radius 3 is 2.65 bits per heavy atom. The molecule has 0 fully saturated rings. The van der Waals surface area contributed by atoms with Gasteiger partial charge in [0.25, 0.3) is 0 Å². The summed E-state index contributed by atoms with van der Waals surface area (Å²) < 4.78 is 0. The minimum Gasteiger partial charge on any atom is -0.341 e. The van der Waals surface area contributed by atoms with E-state index in [0.29, 0.717) is 19.5 Å². The van der Waals surface area contributed by atoms with Crippen molar-refractivity contribution in [2.45, 2.75) is 32.7 Å². The number of aryl methyl sites for hydroxylation is 1. The average molecular weight is 234 g/mol. The fraction of sp³-hybridized carbons (Fsp3) is 0.500. The van der Waals surface area contributed by atoms with Gasteiger partial charge in [-0.1, -0.05) is 24.3 Å². The van der Waals surface area contributed by atoms with Crippen molar-refractivity contribution in [1.82, 2.24) is 4.90 Å². The lowest BCUT2D eigenvalue weighted by molar-refractivity contribution is -0.130. The van der Waals surface area contributed by atoms with Gasteiger partial charge in [-0.15, -0.1) is 0 Å². The van der Waals surface area contributed by atoms with Crippen LogP contribution in [0.2, 0.25) is 0 Å². The SMILES string of the molecule is Cc1ccccc1CN(C)C(=O)CCCCN. The first-order chi connectivity index (χ1) is 8.15. The molecule has 1 aromatic rings. The molecule has 0 bridgehead atoms. The quantitative estimate of drug-likeness (QED) is 0.766. The number of rotatable bonds is 6. The van der Waals surface area contributed by atoms with E-state index in [1.807, 2.05) is 19.2 Å². The molecule has 0 saturated carbocycles. The van der Waals surface area contributed by atoms with E-state index in [1.54, 1.807) is 4.90 Å². The summed E-state index contributed by atoms with van der Waals surface area (Å²) >= 11 is 0. The zero-order valence-corrected chi connectivity index (χ0v) is 10.8. The largest absolute Gasteiger partial charge is 0.341 e. The van der Waals surface area contributed by atoms with E-state index in [2.05, 4.69) is 19.1 Å². The van der Waals surface area contributed by atoms with Crippen molar-refractivity contribution in [1.29, 1.82) is 0 Å². The molecule has 1 aromatic carbocycles. The number of nitrogens with zero attached hydrogens (tertiary/aromatic N) is 1. The summed E-state index contributed by atoms with van der Waals surface area (Å²) in [6.45, 7) is 3.42. The fourth-order valence-corrected chi connectivity index (χ4v) is 1.74. The molecule has 3 heteroatoms. The third-order valence-electron chi connectivity index (χ3n) is 2.94. The second-order valence-corrected chi connectivity index (χ2v) is 4.42. The number of benzene rings is 1. The van der Waals surface area contributed by atoms with Crippen LogP contribution in [0.25, 0.3) is 0 Å². The van der Waals surface area contributed by atoms with Crippen molar-refractivity contribution in [3.63, 3.8) is 0 Å². The van der Waals surface area contributed by atoms with E-state index in [-0.39, 0.29) is 5.91 Å². The van der Waals surface area contributed by atoms with Crippen LogP contribution in [0.4, 0.5) is 0 Å². The van der Waals surface area contributed by atoms with Crippen LogP contribution in [-0.4, -0.2) is 24.4 Å². The molecule has 0 aliphatic rings. The van der Waals surface area contributed by atoms with E-state index in [4.69, 9.17) is 5.73 Å². The van der Waals surface area contributed by atoms with Gasteiger partial charge in [-0.3, -0.25) is 4.79 Å². The Hall–Kier alpha value is -1.35. The van der Waals surface area contributed by atoms with Crippen LogP contribution in [0, 0.1) is 6.92 Å². The van der Waals surface area contributed by atoms with Crippen molar-refractivity contribution in [2.75, 3.05) is 13.6 Å². The van der Waals surface area contributed by atoms with Crippen molar-refractivity contribution in [3.05, 3.63) is 35.4 Å². The Morgan fingerprint density at radius 1 is 1.29 bits per heavy atom. The van der Waals surface area contributed by atoms with E-state index < -0.39 is 0 Å². The summed E-state index contributed by atoms with van der Waals surface area (Å²) in [4.78, 5) is 13.6. The molecule has 0 aliphatic carbocycles. The van der Waals surface area contributed by atoms with Gasteiger partial charge >= 0.3 is 0 Å². The number of carbonyl (C=O) groups excluding carboxylic acids is 1. The van der Waals surface area contributed by atoms with Crippen molar-refractivity contribution >= 4 is 5.91 Å². The Balaban J connectivity index is 2.46. The second kappa shape index (κ2) is 7.07. The molecule has 0 saturated heterocycles. The van der Waals surface area contributed by atoms with Gasteiger partial charge in [0.2, 0.25) is 5.91 Å². The lowest BCUT2D eigenvalue weighted by Gasteiger charge is -2.18. The highest BCUT2D eigenvalue weighted by atomic mass is 16.2. The Labute approximate surface area is 104 Å². The Bertz CT molecular complexity index is 363. The molecule has 0 spiro atoms. The van der Waals surface area contributed by atoms with Gasteiger partial charge in [0.15, 0.2) is 0 Å². The average Bonchev–Trinajstić information content (AvgIpc) is 2.32. The summed E-state index contributed by atoms with van der Waals surface area (Å²) in [6, 6.07) is 8.16. The van der Waals surface area contributed by atoms with Crippen LogP contribution < -0.4 is 5.73 Å². The molecule has 0 heterocycles. The monoisotopic (exact) mass is 234 g/mol. The van der Waals surface area contributed by atoms with Gasteiger partial charge in [0.1, 0.15) is 0 Å². The first kappa shape index (κ1) is 13.7. The van der Waals surface area contributed by atoms with Crippen LogP contribution in [0.1, 0.15) is 30.4 Å². The number of hydrogen-bond donors (Lipinski definition) is 1. The number of hydrogen-bond acceptors (Lipinski definition) is 2. The predicted molar refractivity (Wildman–Crippen MR) is 70.6 cm³/mol. The molecule has 2 N–H and O–H groups in total. The molecular formula is C14H22N2O. The summed E-state index contributed by atoms with van der Waals surface area (Å²) in [6.07, 6.45) is 2.40. The summed E-state index contributed by atoms with van der Waals surface area (Å²) in [5, 5.41) is 0. The first-order valence-corrected chi connectivity index (χ1v) is 6.13. The van der Waals surface area contributed by atoms with Crippen LogP contribution in [0.3, 0.4) is 0 Å². The molecule has 0 atom stereocenters. The van der Waals surface area contributed by atoms with Gasteiger partial charge in [-0.2, -0.15) is 0 Å². The zero-order valence-electron chi connectivity index (χ0n) is 10.8. The van der Waals surface area contributed by atoms with Gasteiger partial charge in [-0.05, 0) is 37.4 Å². The third kappa shape index (κ3) is 4.57. The molecule has 0 unspecified atom stereocenters. The maximum Gasteiger partial charge on any atom is 0.222 e. The van der Waals surface area contributed by atoms with E-state index in [1.165, 1.54) is 11.1 Å². The maximum absolute atomic E-state index is 11.8. The minimum atomic E-state index is 0.196. The van der Waals surface area contributed by atoms with Crippen LogP contribution in [-0.2, 0) is 11.3 Å². The molecule has 0 radical (unpaired) electrons. The van der Waals surface area contributed by atoms with Gasteiger partial charge in [0.05, 0.1) is 0 Å². The standard InChI is InChI=1S/C14H22N2O/c1-12-7-3-4-8-13(12)11-16(2)14(17)9-5-6-10-15/h3-4,7-8H,5-6,9-11,15H2,1-2H3. The van der Waals surface area contributed by atoms with E-state index in [0.717, 1.165) is 12.8 Å². The zero-order chi connectivity index (χ0) is 12.7. The number of amides is 1. The molecule has 0 aromatic heterocycles. The second-order valence-electron chi connectivity index (χ2n) is 4.42. The Kier molecular flexibility index (Phi) is 5.70. The summed E-state index contributed by atoms with van der Waals surface area (Å²) in [5.41, 5.74) is 7.85. The highest BCUT2D eigenvalue weighted by molar-refractivity contribution is 5.75. The normalized spacial score (nSPS) is 10.3. The van der Waals surface area contributed by atoms with E-state index >= 15 is 0 Å². The number of carbonyl (C=O) groups is 1. The maximum atomic E-state index is 11.8. The van der Waals surface area contributed by atoms with Crippen LogP contribution in [0.15, 0.2) is 24.3 Å². The summed E-state index contributed by atoms with van der Waals surface area (Å²) in [7, 11) is 1.86. The lowest BCUT2D eigenvalue weighted by atomic mass is 10.1. The van der Waals surface area contributed by atoms with Gasteiger partial charge in [-0.25, -0.2) is 0 Å². The predicted octanol–water partition coefficient (Wildman–Crippen LogP) is 2.08. The van der Waals surface area contributed by atoms with E-state index in [9.17, 15) is 4.79 Å². The van der Waals surface area contributed by atoms with Crippen LogP contribution in [0.5, 0.6) is 0 Å². The fourth-order valence-electron chi connectivity index (χ4n) is 1.74. The molecule has 3 nitrogen and oxygen atoms in total. The Morgan fingerprint density at radius 2 is 2.00 bits per heavy atom. The molecule has 17 heavy (non-hydrogen) atoms. The van der Waals surface area contributed by atoms with Gasteiger partial charge < -0.3 is 10.6 Å². The number of unbranched alkanes of at least 4 members (excludes halogenated alkanes) is 1. The first-order valence-electron chi connectivity index (χ1n) is 6.13. The topological polar surface area (TPSA) is 46.3 Å². The third-order valence-corrected chi connectivity index (χ3v) is 2.94. The molecule has 1 rings (SSSR count). The smallest absolute Gasteiger partial charge is 0.222 e. The van der Waals surface area contributed by atoms with Crippen LogP contribution >= 0.6 is 0 Å². The molecule has 1 amide bonds. The molecule has 0 aliphatic heterocycles.